The fraction of sp³-hybridized carbons (Fsp3) is 0.458. The van der Waals surface area contributed by atoms with Crippen LogP contribution in [0.15, 0.2) is 24.3 Å². The van der Waals surface area contributed by atoms with E-state index in [0.29, 0.717) is 28.4 Å². The number of hydrogen-bond donors (Lipinski definition) is 1. The number of hydrogen-bond acceptors (Lipinski definition) is 5. The van der Waals surface area contributed by atoms with Crippen LogP contribution in [0.25, 0.3) is 0 Å². The van der Waals surface area contributed by atoms with E-state index >= 15 is 0 Å². The van der Waals surface area contributed by atoms with Crippen molar-refractivity contribution in [3.05, 3.63) is 50.9 Å². The second-order valence-corrected chi connectivity index (χ2v) is 9.84. The zero-order chi connectivity index (χ0) is 21.8. The number of carbonyl (C=O) groups is 2. The predicted octanol–water partition coefficient (Wildman–Crippen LogP) is 5.54. The molecule has 1 N–H and O–H groups in total. The Balaban J connectivity index is 1.43. The van der Waals surface area contributed by atoms with E-state index in [-0.39, 0.29) is 12.6 Å². The average Bonchev–Trinajstić information content (AvgIpc) is 3.32. The Bertz CT molecular complexity index is 1020. The molecule has 31 heavy (non-hydrogen) atoms. The predicted molar refractivity (Wildman–Crippen MR) is 121 cm³/mol. The molecule has 1 heterocycles. The lowest BCUT2D eigenvalue weighted by molar-refractivity contribution is -0.153. The van der Waals surface area contributed by atoms with Gasteiger partial charge in [-0.3, -0.25) is 9.59 Å². The third kappa shape index (κ3) is 4.49. The van der Waals surface area contributed by atoms with Crippen LogP contribution in [0, 0.1) is 11.3 Å². The lowest BCUT2D eigenvalue weighted by Gasteiger charge is -2.27. The van der Waals surface area contributed by atoms with Crippen molar-refractivity contribution < 1.29 is 14.3 Å². The number of aryl methyl sites for hydroxylation is 1. The summed E-state index contributed by atoms with van der Waals surface area (Å²) in [5.41, 5.74) is 1.80. The second kappa shape index (κ2) is 9.42. The number of amides is 1. The average molecular weight is 457 g/mol. The molecule has 2 aliphatic carbocycles. The quantitative estimate of drug-likeness (QED) is 0.473. The van der Waals surface area contributed by atoms with Crippen molar-refractivity contribution in [2.75, 3.05) is 11.9 Å². The third-order valence-electron chi connectivity index (χ3n) is 6.37. The number of ether oxygens (including phenoxy) is 1. The minimum atomic E-state index is -0.719. The van der Waals surface area contributed by atoms with E-state index in [1.807, 2.05) is 12.1 Å². The third-order valence-corrected chi connectivity index (χ3v) is 7.82. The second-order valence-electron chi connectivity index (χ2n) is 8.30. The number of esters is 1. The van der Waals surface area contributed by atoms with Crippen molar-refractivity contribution >= 4 is 39.8 Å². The molecule has 0 atom stereocenters. The summed E-state index contributed by atoms with van der Waals surface area (Å²) in [6, 6.07) is 9.55. The van der Waals surface area contributed by atoms with Gasteiger partial charge in [0.2, 0.25) is 0 Å². The van der Waals surface area contributed by atoms with Crippen LogP contribution in [0.4, 0.5) is 5.00 Å². The van der Waals surface area contributed by atoms with Gasteiger partial charge in [0, 0.05) is 9.90 Å². The number of fused-ring (bicyclic) bond motifs is 1. The summed E-state index contributed by atoms with van der Waals surface area (Å²) in [6.45, 7) is -0.360. The maximum Gasteiger partial charge on any atom is 0.317 e. The van der Waals surface area contributed by atoms with Crippen molar-refractivity contribution in [1.82, 2.24) is 0 Å². The lowest BCUT2D eigenvalue weighted by Crippen LogP contribution is -2.36. The fourth-order valence-electron chi connectivity index (χ4n) is 4.74. The first-order chi connectivity index (χ1) is 15.0. The molecule has 0 saturated heterocycles. The van der Waals surface area contributed by atoms with E-state index < -0.39 is 11.3 Å². The number of carbonyl (C=O) groups excluding carboxylic acids is 2. The molecule has 162 valence electrons. The highest BCUT2D eigenvalue weighted by atomic mass is 35.5. The van der Waals surface area contributed by atoms with Gasteiger partial charge < -0.3 is 10.1 Å². The molecule has 5 nitrogen and oxygen atoms in total. The molecule has 1 fully saturated rings. The first-order valence-corrected chi connectivity index (χ1v) is 12.0. The Labute approximate surface area is 191 Å². The van der Waals surface area contributed by atoms with Crippen LogP contribution >= 0.6 is 22.9 Å². The highest BCUT2D eigenvalue weighted by Crippen LogP contribution is 2.42. The molecule has 0 aliphatic heterocycles. The lowest BCUT2D eigenvalue weighted by atomic mass is 9.79. The van der Waals surface area contributed by atoms with Crippen molar-refractivity contribution in [2.45, 2.75) is 63.2 Å². The molecule has 4 rings (SSSR count). The van der Waals surface area contributed by atoms with Crippen molar-refractivity contribution in [3.63, 3.8) is 0 Å². The van der Waals surface area contributed by atoms with Crippen LogP contribution in [0.5, 0.6) is 0 Å². The zero-order valence-electron chi connectivity index (χ0n) is 17.3. The minimum absolute atomic E-state index is 0.360. The van der Waals surface area contributed by atoms with E-state index in [1.54, 1.807) is 12.1 Å². The molecule has 1 saturated carbocycles. The number of anilines is 1. The molecule has 1 aromatic heterocycles. The zero-order valence-corrected chi connectivity index (χ0v) is 18.9. The van der Waals surface area contributed by atoms with Crippen LogP contribution in [0.2, 0.25) is 5.02 Å². The van der Waals surface area contributed by atoms with Crippen LogP contribution in [0.3, 0.4) is 0 Å². The fourth-order valence-corrected chi connectivity index (χ4v) is 6.12. The SMILES string of the molecule is N#Cc1c(NC(=O)COC(=O)C2(c3ccc(Cl)cc3)CCCC2)sc2c1CCCCC2. The summed E-state index contributed by atoms with van der Waals surface area (Å²) in [7, 11) is 0. The molecule has 0 spiro atoms. The largest absolute Gasteiger partial charge is 0.455 e. The summed E-state index contributed by atoms with van der Waals surface area (Å²) in [5, 5.41) is 13.6. The molecule has 7 heteroatoms. The van der Waals surface area contributed by atoms with Gasteiger partial charge in [0.25, 0.3) is 5.91 Å². The van der Waals surface area contributed by atoms with Gasteiger partial charge in [-0.15, -0.1) is 11.3 Å². The topological polar surface area (TPSA) is 79.2 Å². The molecule has 2 aromatic rings. The summed E-state index contributed by atoms with van der Waals surface area (Å²) >= 11 is 7.48. The van der Waals surface area contributed by atoms with Gasteiger partial charge in [-0.25, -0.2) is 0 Å². The van der Waals surface area contributed by atoms with E-state index in [1.165, 1.54) is 22.6 Å². The number of benzene rings is 1. The van der Waals surface area contributed by atoms with E-state index in [4.69, 9.17) is 16.3 Å². The molecule has 1 aromatic carbocycles. The van der Waals surface area contributed by atoms with Gasteiger partial charge in [0.1, 0.15) is 11.1 Å². The number of nitriles is 1. The molecular weight excluding hydrogens is 432 g/mol. The van der Waals surface area contributed by atoms with Gasteiger partial charge in [-0.1, -0.05) is 43.0 Å². The van der Waals surface area contributed by atoms with Crippen LogP contribution < -0.4 is 5.32 Å². The Morgan fingerprint density at radius 1 is 1.10 bits per heavy atom. The first-order valence-electron chi connectivity index (χ1n) is 10.8. The molecule has 1 amide bonds. The van der Waals surface area contributed by atoms with Gasteiger partial charge in [-0.05, 0) is 61.8 Å². The van der Waals surface area contributed by atoms with Gasteiger partial charge in [0.15, 0.2) is 6.61 Å². The number of rotatable bonds is 5. The Hall–Kier alpha value is -2.36. The normalized spacial score (nSPS) is 17.3. The van der Waals surface area contributed by atoms with Crippen LogP contribution in [0.1, 0.15) is 66.5 Å². The van der Waals surface area contributed by atoms with Gasteiger partial charge in [0.05, 0.1) is 11.0 Å². The summed E-state index contributed by atoms with van der Waals surface area (Å²) in [4.78, 5) is 26.8. The van der Waals surface area contributed by atoms with Crippen molar-refractivity contribution in [3.8, 4) is 6.07 Å². The van der Waals surface area contributed by atoms with Gasteiger partial charge in [-0.2, -0.15) is 5.26 Å². The van der Waals surface area contributed by atoms with E-state index in [2.05, 4.69) is 11.4 Å². The number of nitrogens with zero attached hydrogens (tertiary/aromatic N) is 1. The Kier molecular flexibility index (Phi) is 6.64. The Morgan fingerprint density at radius 2 is 1.81 bits per heavy atom. The minimum Gasteiger partial charge on any atom is -0.455 e. The molecule has 2 aliphatic rings. The van der Waals surface area contributed by atoms with Crippen molar-refractivity contribution in [1.29, 1.82) is 5.26 Å². The molecule has 0 unspecified atom stereocenters. The Morgan fingerprint density at radius 3 is 2.52 bits per heavy atom. The number of nitrogens with one attached hydrogen (secondary N) is 1. The van der Waals surface area contributed by atoms with Crippen molar-refractivity contribution in [2.24, 2.45) is 0 Å². The summed E-state index contributed by atoms with van der Waals surface area (Å²) in [5.74, 6) is -0.782. The van der Waals surface area contributed by atoms with Gasteiger partial charge >= 0.3 is 5.97 Å². The highest BCUT2D eigenvalue weighted by molar-refractivity contribution is 7.16. The maximum absolute atomic E-state index is 13.0. The molecular formula is C24H25ClN2O3S. The molecule has 0 radical (unpaired) electrons. The monoisotopic (exact) mass is 456 g/mol. The number of thiophene rings is 1. The highest BCUT2D eigenvalue weighted by Gasteiger charge is 2.44. The smallest absolute Gasteiger partial charge is 0.317 e. The first kappa shape index (κ1) is 21.9. The van der Waals surface area contributed by atoms with Crippen LogP contribution in [-0.4, -0.2) is 18.5 Å². The summed E-state index contributed by atoms with van der Waals surface area (Å²) < 4.78 is 5.48. The van der Waals surface area contributed by atoms with Crippen LogP contribution in [-0.2, 0) is 32.6 Å². The summed E-state index contributed by atoms with van der Waals surface area (Å²) in [6.07, 6.45) is 8.45. The van der Waals surface area contributed by atoms with E-state index in [9.17, 15) is 14.9 Å². The van der Waals surface area contributed by atoms with E-state index in [0.717, 1.165) is 49.7 Å². The molecule has 0 bridgehead atoms. The standard InChI is InChI=1S/C24H25ClN2O3S/c25-17-10-8-16(9-11-17)24(12-4-5-13-24)23(29)30-15-21(28)27-22-19(14-26)18-6-2-1-3-7-20(18)31-22/h8-11H,1-7,12-13,15H2,(H,27,28). The maximum atomic E-state index is 13.0. The number of halogens is 1.